The molecule has 0 spiro atoms. The van der Waals surface area contributed by atoms with Crippen molar-refractivity contribution in [3.05, 3.63) is 40.4 Å². The summed E-state index contributed by atoms with van der Waals surface area (Å²) in [6.07, 6.45) is 0.660. The van der Waals surface area contributed by atoms with Gasteiger partial charge in [-0.25, -0.2) is 13.1 Å². The van der Waals surface area contributed by atoms with Crippen LogP contribution in [-0.4, -0.2) is 41.7 Å². The van der Waals surface area contributed by atoms with Gasteiger partial charge in [-0.2, -0.15) is 0 Å². The summed E-state index contributed by atoms with van der Waals surface area (Å²) >= 11 is 12.2. The van der Waals surface area contributed by atoms with Crippen molar-refractivity contribution in [1.29, 1.82) is 0 Å². The second kappa shape index (κ2) is 10.7. The third-order valence-electron chi connectivity index (χ3n) is 3.86. The number of carbonyl (C=O) groups excluding carboxylic acids is 1. The average molecular weight is 477 g/mol. The molecule has 2 N–H and O–H groups in total. The molecule has 0 aromatic heterocycles. The standard InChI is InChI=1S/C19H22Cl2N2O6S/c1-4-7-22-30(25,26)12-5-6-16(13(20)8-12)29-11-19(24)23-15-10-17(27-2)14(21)9-18(15)28-3/h5-6,8-10,22H,4,7,11H2,1-3H3,(H,23,24). The van der Waals surface area contributed by atoms with Crippen LogP contribution in [0, 0.1) is 0 Å². The number of hydrogen-bond donors (Lipinski definition) is 2. The Labute approximate surface area is 185 Å². The van der Waals surface area contributed by atoms with Gasteiger partial charge in [-0.15, -0.1) is 0 Å². The summed E-state index contributed by atoms with van der Waals surface area (Å²) in [5.41, 5.74) is 0.349. The molecule has 0 aliphatic heterocycles. The van der Waals surface area contributed by atoms with Crippen LogP contribution in [0.3, 0.4) is 0 Å². The molecule has 0 bridgehead atoms. The van der Waals surface area contributed by atoms with Gasteiger partial charge in [0.15, 0.2) is 6.61 Å². The molecular formula is C19H22Cl2N2O6S. The minimum atomic E-state index is -3.66. The Morgan fingerprint density at radius 1 is 1.00 bits per heavy atom. The zero-order valence-electron chi connectivity index (χ0n) is 16.6. The van der Waals surface area contributed by atoms with Crippen molar-refractivity contribution in [2.75, 3.05) is 32.7 Å². The van der Waals surface area contributed by atoms with Crippen molar-refractivity contribution in [2.24, 2.45) is 0 Å². The number of amides is 1. The highest BCUT2D eigenvalue weighted by atomic mass is 35.5. The summed E-state index contributed by atoms with van der Waals surface area (Å²) in [6.45, 7) is 1.80. The lowest BCUT2D eigenvalue weighted by Crippen LogP contribution is -2.24. The Hall–Kier alpha value is -2.20. The van der Waals surface area contributed by atoms with Gasteiger partial charge in [-0.3, -0.25) is 4.79 Å². The van der Waals surface area contributed by atoms with Gasteiger partial charge in [0, 0.05) is 18.7 Å². The third-order valence-corrected chi connectivity index (χ3v) is 5.91. The lowest BCUT2D eigenvalue weighted by atomic mass is 10.2. The molecule has 2 aromatic rings. The van der Waals surface area contributed by atoms with Gasteiger partial charge in [-0.1, -0.05) is 30.1 Å². The van der Waals surface area contributed by atoms with Gasteiger partial charge in [0.25, 0.3) is 5.91 Å². The maximum absolute atomic E-state index is 12.3. The van der Waals surface area contributed by atoms with Crippen molar-refractivity contribution in [1.82, 2.24) is 4.72 Å². The smallest absolute Gasteiger partial charge is 0.262 e. The van der Waals surface area contributed by atoms with Crippen LogP contribution >= 0.6 is 23.2 Å². The molecule has 0 aliphatic rings. The van der Waals surface area contributed by atoms with Gasteiger partial charge in [-0.05, 0) is 24.6 Å². The highest BCUT2D eigenvalue weighted by molar-refractivity contribution is 7.89. The molecule has 1 amide bonds. The van der Waals surface area contributed by atoms with Crippen molar-refractivity contribution in [2.45, 2.75) is 18.2 Å². The first-order chi connectivity index (χ1) is 14.2. The predicted molar refractivity (Wildman–Crippen MR) is 116 cm³/mol. The second-order valence-electron chi connectivity index (χ2n) is 6.01. The van der Waals surface area contributed by atoms with Crippen LogP contribution in [0.1, 0.15) is 13.3 Å². The summed E-state index contributed by atoms with van der Waals surface area (Å²) < 4.78 is 42.5. The average Bonchev–Trinajstić information content (AvgIpc) is 2.72. The number of hydrogen-bond acceptors (Lipinski definition) is 6. The first-order valence-electron chi connectivity index (χ1n) is 8.85. The molecule has 0 aliphatic carbocycles. The van der Waals surface area contributed by atoms with Gasteiger partial charge in [0.1, 0.15) is 17.2 Å². The van der Waals surface area contributed by atoms with Crippen LogP contribution < -0.4 is 24.2 Å². The first kappa shape index (κ1) is 24.1. The summed E-state index contributed by atoms with van der Waals surface area (Å²) in [4.78, 5) is 12.3. The molecule has 0 atom stereocenters. The van der Waals surface area contributed by atoms with E-state index in [-0.39, 0.29) is 22.3 Å². The van der Waals surface area contributed by atoms with Crippen LogP contribution in [-0.2, 0) is 14.8 Å². The van der Waals surface area contributed by atoms with Gasteiger partial charge in [0.05, 0.1) is 34.8 Å². The molecule has 0 radical (unpaired) electrons. The minimum absolute atomic E-state index is 0.00995. The molecule has 2 rings (SSSR count). The number of ether oxygens (including phenoxy) is 3. The van der Waals surface area contributed by atoms with Gasteiger partial charge in [0.2, 0.25) is 10.0 Å². The number of rotatable bonds is 10. The van der Waals surface area contributed by atoms with Crippen LogP contribution in [0.4, 0.5) is 5.69 Å². The fourth-order valence-corrected chi connectivity index (χ4v) is 4.06. The summed E-state index contributed by atoms with van der Waals surface area (Å²) in [7, 11) is -0.767. The quantitative estimate of drug-likeness (QED) is 0.541. The molecular weight excluding hydrogens is 455 g/mol. The third kappa shape index (κ3) is 6.15. The molecule has 30 heavy (non-hydrogen) atoms. The molecule has 0 saturated carbocycles. The maximum atomic E-state index is 12.3. The number of sulfonamides is 1. The minimum Gasteiger partial charge on any atom is -0.495 e. The lowest BCUT2D eigenvalue weighted by Gasteiger charge is -2.14. The monoisotopic (exact) mass is 476 g/mol. The van der Waals surface area contributed by atoms with Crippen LogP contribution in [0.25, 0.3) is 0 Å². The molecule has 0 unspecified atom stereocenters. The Morgan fingerprint density at radius 3 is 2.27 bits per heavy atom. The van der Waals surface area contributed by atoms with E-state index in [9.17, 15) is 13.2 Å². The number of carbonyl (C=O) groups is 1. The van der Waals surface area contributed by atoms with Crippen molar-refractivity contribution in [3.8, 4) is 17.2 Å². The van der Waals surface area contributed by atoms with Gasteiger partial charge >= 0.3 is 0 Å². The van der Waals surface area contributed by atoms with Crippen molar-refractivity contribution < 1.29 is 27.4 Å². The molecule has 11 heteroatoms. The Morgan fingerprint density at radius 2 is 1.67 bits per heavy atom. The molecule has 164 valence electrons. The van der Waals surface area contributed by atoms with Gasteiger partial charge < -0.3 is 19.5 Å². The molecule has 0 heterocycles. The van der Waals surface area contributed by atoms with Crippen LogP contribution in [0.15, 0.2) is 35.2 Å². The van der Waals surface area contributed by atoms with E-state index in [1.807, 2.05) is 6.92 Å². The van der Waals surface area contributed by atoms with E-state index in [0.29, 0.717) is 35.2 Å². The normalized spacial score (nSPS) is 11.1. The van der Waals surface area contributed by atoms with Crippen molar-refractivity contribution >= 4 is 44.8 Å². The zero-order valence-corrected chi connectivity index (χ0v) is 19.0. The van der Waals surface area contributed by atoms with E-state index in [1.165, 1.54) is 44.6 Å². The number of anilines is 1. The molecule has 0 saturated heterocycles. The number of halogens is 2. The maximum Gasteiger partial charge on any atom is 0.262 e. The first-order valence-corrected chi connectivity index (χ1v) is 11.1. The Balaban J connectivity index is 2.07. The lowest BCUT2D eigenvalue weighted by molar-refractivity contribution is -0.118. The highest BCUT2D eigenvalue weighted by Gasteiger charge is 2.17. The number of nitrogens with one attached hydrogen (secondary N) is 2. The largest absolute Gasteiger partial charge is 0.495 e. The van der Waals surface area contributed by atoms with E-state index in [4.69, 9.17) is 37.4 Å². The van der Waals surface area contributed by atoms with E-state index < -0.39 is 15.9 Å². The van der Waals surface area contributed by atoms with E-state index >= 15 is 0 Å². The van der Waals surface area contributed by atoms with E-state index in [0.717, 1.165) is 0 Å². The molecule has 8 nitrogen and oxygen atoms in total. The zero-order chi connectivity index (χ0) is 22.3. The number of methoxy groups -OCH3 is 2. The van der Waals surface area contributed by atoms with E-state index in [2.05, 4.69) is 10.0 Å². The topological polar surface area (TPSA) is 103 Å². The Bertz CT molecular complexity index is 1010. The van der Waals surface area contributed by atoms with Crippen LogP contribution in [0.5, 0.6) is 17.2 Å². The van der Waals surface area contributed by atoms with E-state index in [1.54, 1.807) is 0 Å². The second-order valence-corrected chi connectivity index (χ2v) is 8.60. The summed E-state index contributed by atoms with van der Waals surface area (Å²) in [5.74, 6) is 0.392. The summed E-state index contributed by atoms with van der Waals surface area (Å²) in [6, 6.07) is 7.04. The molecule has 0 fully saturated rings. The molecule has 2 aromatic carbocycles. The SMILES string of the molecule is CCCNS(=O)(=O)c1ccc(OCC(=O)Nc2cc(OC)c(Cl)cc2OC)c(Cl)c1. The number of benzene rings is 2. The predicted octanol–water partition coefficient (Wildman–Crippen LogP) is 3.72. The fraction of sp³-hybridized carbons (Fsp3) is 0.316. The highest BCUT2D eigenvalue weighted by Crippen LogP contribution is 2.36. The summed E-state index contributed by atoms with van der Waals surface area (Å²) in [5, 5.41) is 3.03. The Kier molecular flexibility index (Phi) is 8.60. The fourth-order valence-electron chi connectivity index (χ4n) is 2.37. The van der Waals surface area contributed by atoms with Crippen LogP contribution in [0.2, 0.25) is 10.0 Å². The van der Waals surface area contributed by atoms with Crippen molar-refractivity contribution in [3.63, 3.8) is 0 Å².